The summed E-state index contributed by atoms with van der Waals surface area (Å²) < 4.78 is 36.1. The molecule has 1 atom stereocenters. The van der Waals surface area contributed by atoms with E-state index < -0.39 is 16.1 Å². The van der Waals surface area contributed by atoms with E-state index in [9.17, 15) is 18.0 Å². The highest BCUT2D eigenvalue weighted by Gasteiger charge is 2.33. The van der Waals surface area contributed by atoms with Crippen LogP contribution in [0.15, 0.2) is 81.8 Å². The minimum Gasteiger partial charge on any atom is -0.493 e. The van der Waals surface area contributed by atoms with E-state index in [-0.39, 0.29) is 16.4 Å². The molecule has 2 aromatic heterocycles. The van der Waals surface area contributed by atoms with E-state index in [4.69, 9.17) is 4.74 Å². The predicted molar refractivity (Wildman–Crippen MR) is 155 cm³/mol. The summed E-state index contributed by atoms with van der Waals surface area (Å²) in [5.41, 5.74) is 0.705. The summed E-state index contributed by atoms with van der Waals surface area (Å²) in [5.74, 6) is 0.112. The van der Waals surface area contributed by atoms with Gasteiger partial charge in [0.25, 0.3) is 0 Å². The van der Waals surface area contributed by atoms with Crippen LogP contribution in [0.2, 0.25) is 0 Å². The molecule has 8 nitrogen and oxygen atoms in total. The molecule has 206 valence electrons. The second kappa shape index (κ2) is 13.1. The number of aromatic amines is 1. The predicted octanol–water partition coefficient (Wildman–Crippen LogP) is 5.23. The first-order chi connectivity index (χ1) is 18.8. The lowest BCUT2D eigenvalue weighted by Gasteiger charge is -2.28. The summed E-state index contributed by atoms with van der Waals surface area (Å²) in [6, 6.07) is 17.1. The maximum atomic E-state index is 14.1. The molecule has 0 saturated carbocycles. The molecule has 0 aliphatic rings. The largest absolute Gasteiger partial charge is 0.493 e. The van der Waals surface area contributed by atoms with E-state index in [1.807, 2.05) is 24.4 Å². The summed E-state index contributed by atoms with van der Waals surface area (Å²) in [6.07, 6.45) is 2.49. The number of carbonyl (C=O) groups excluding carboxylic acids is 1. The van der Waals surface area contributed by atoms with Crippen molar-refractivity contribution in [2.24, 2.45) is 0 Å². The Morgan fingerprint density at radius 3 is 2.62 bits per heavy atom. The molecule has 2 heterocycles. The monoisotopic (exact) mass is 567 g/mol. The van der Waals surface area contributed by atoms with Crippen LogP contribution in [-0.2, 0) is 21.4 Å². The highest BCUT2D eigenvalue weighted by Crippen LogP contribution is 2.30. The summed E-state index contributed by atoms with van der Waals surface area (Å²) in [5, 5.41) is 2.52. The van der Waals surface area contributed by atoms with E-state index >= 15 is 0 Å². The molecule has 0 saturated heterocycles. The topological polar surface area (TPSA) is 109 Å². The fourth-order valence-corrected chi connectivity index (χ4v) is 6.18. The molecule has 0 spiro atoms. The Morgan fingerprint density at radius 2 is 1.87 bits per heavy atom. The number of para-hydroxylation sites is 1. The van der Waals surface area contributed by atoms with Crippen molar-refractivity contribution in [2.45, 2.75) is 50.6 Å². The lowest BCUT2D eigenvalue weighted by molar-refractivity contribution is -0.133. The Bertz CT molecular complexity index is 1570. The van der Waals surface area contributed by atoms with Gasteiger partial charge in [-0.15, -0.1) is 11.3 Å². The summed E-state index contributed by atoms with van der Waals surface area (Å²) >= 11 is 1.55. The average Bonchev–Trinajstić information content (AvgIpc) is 3.44. The van der Waals surface area contributed by atoms with Gasteiger partial charge in [0, 0.05) is 28.6 Å². The van der Waals surface area contributed by atoms with Crippen LogP contribution in [0.1, 0.15) is 49.6 Å². The van der Waals surface area contributed by atoms with Crippen molar-refractivity contribution < 1.29 is 17.9 Å². The van der Waals surface area contributed by atoms with Gasteiger partial charge in [-0.3, -0.25) is 9.59 Å². The number of amides is 1. The number of hydrogen-bond acceptors (Lipinski definition) is 6. The van der Waals surface area contributed by atoms with Crippen molar-refractivity contribution in [3.63, 3.8) is 0 Å². The second-order valence-corrected chi connectivity index (χ2v) is 12.0. The second-order valence-electron chi connectivity index (χ2n) is 9.20. The Balaban J connectivity index is 1.74. The van der Waals surface area contributed by atoms with Crippen molar-refractivity contribution in [1.82, 2.24) is 14.6 Å². The fraction of sp³-hybridized carbons (Fsp3) is 0.310. The Kier molecular flexibility index (Phi) is 9.55. The van der Waals surface area contributed by atoms with Gasteiger partial charge in [-0.25, -0.2) is 8.42 Å². The van der Waals surface area contributed by atoms with Crippen LogP contribution in [0.5, 0.6) is 5.75 Å². The molecule has 0 aliphatic carbocycles. The minimum atomic E-state index is -4.15. The zero-order chi connectivity index (χ0) is 27.8. The van der Waals surface area contributed by atoms with Crippen LogP contribution >= 0.6 is 11.3 Å². The molecule has 0 aliphatic heterocycles. The number of benzene rings is 2. The first-order valence-electron chi connectivity index (χ1n) is 13.0. The van der Waals surface area contributed by atoms with Crippen LogP contribution < -0.4 is 15.0 Å². The molecular weight excluding hydrogens is 534 g/mol. The average molecular weight is 568 g/mol. The van der Waals surface area contributed by atoms with E-state index in [1.165, 1.54) is 18.2 Å². The van der Waals surface area contributed by atoms with Gasteiger partial charge in [0.15, 0.2) is 0 Å². The van der Waals surface area contributed by atoms with Gasteiger partial charge < -0.3 is 14.6 Å². The van der Waals surface area contributed by atoms with Crippen LogP contribution in [0.4, 0.5) is 0 Å². The quantitative estimate of drug-likeness (QED) is 0.215. The number of sulfonamides is 1. The number of rotatable bonds is 13. The number of thiophene rings is 1. The molecule has 0 fully saturated rings. The number of nitrogens with one attached hydrogen (secondary N) is 2. The SMILES string of the molecule is CCCCOc1ccccc1[C@@H](NS(=O)(=O)c1ccc2[nH]c(=O)ccc2c1)C(=O)N(CCC)Cc1cccs1. The first kappa shape index (κ1) is 28.5. The van der Waals surface area contributed by atoms with Gasteiger partial charge in [-0.2, -0.15) is 4.72 Å². The molecule has 0 unspecified atom stereocenters. The molecule has 0 radical (unpaired) electrons. The molecule has 2 N–H and O–H groups in total. The Morgan fingerprint density at radius 1 is 1.05 bits per heavy atom. The highest BCUT2D eigenvalue weighted by molar-refractivity contribution is 7.89. The van der Waals surface area contributed by atoms with Crippen LogP contribution in [0.25, 0.3) is 10.9 Å². The molecule has 4 aromatic rings. The lowest BCUT2D eigenvalue weighted by atomic mass is 10.0. The maximum absolute atomic E-state index is 14.1. The van der Waals surface area contributed by atoms with E-state index in [1.54, 1.807) is 52.6 Å². The molecule has 0 bridgehead atoms. The first-order valence-corrected chi connectivity index (χ1v) is 15.4. The summed E-state index contributed by atoms with van der Waals surface area (Å²) in [6.45, 7) is 5.34. The van der Waals surface area contributed by atoms with Crippen molar-refractivity contribution in [3.8, 4) is 5.75 Å². The van der Waals surface area contributed by atoms with Crippen LogP contribution in [0.3, 0.4) is 0 Å². The van der Waals surface area contributed by atoms with E-state index in [2.05, 4.69) is 16.6 Å². The number of aromatic nitrogens is 1. The van der Waals surface area contributed by atoms with Crippen molar-refractivity contribution in [1.29, 1.82) is 0 Å². The Labute approximate surface area is 232 Å². The zero-order valence-corrected chi connectivity index (χ0v) is 23.7. The number of carbonyl (C=O) groups is 1. The van der Waals surface area contributed by atoms with Gasteiger partial charge in [0.05, 0.1) is 18.0 Å². The molecule has 10 heteroatoms. The summed E-state index contributed by atoms with van der Waals surface area (Å²) in [4.78, 5) is 31.1. The fourth-order valence-electron chi connectivity index (χ4n) is 4.26. The number of fused-ring (bicyclic) bond motifs is 1. The minimum absolute atomic E-state index is 0.00969. The highest BCUT2D eigenvalue weighted by atomic mass is 32.2. The van der Waals surface area contributed by atoms with Crippen LogP contribution in [0, 0.1) is 0 Å². The molecule has 39 heavy (non-hydrogen) atoms. The van der Waals surface area contributed by atoms with E-state index in [0.29, 0.717) is 48.3 Å². The smallest absolute Gasteiger partial charge is 0.248 e. The number of ether oxygens (including phenoxy) is 1. The zero-order valence-electron chi connectivity index (χ0n) is 22.1. The third kappa shape index (κ3) is 7.14. The van der Waals surface area contributed by atoms with Crippen molar-refractivity contribution in [3.05, 3.63) is 92.9 Å². The van der Waals surface area contributed by atoms with Crippen molar-refractivity contribution >= 4 is 38.2 Å². The number of hydrogen-bond donors (Lipinski definition) is 2. The lowest BCUT2D eigenvalue weighted by Crippen LogP contribution is -2.43. The van der Waals surface area contributed by atoms with E-state index in [0.717, 1.165) is 17.7 Å². The third-order valence-electron chi connectivity index (χ3n) is 6.24. The number of nitrogens with zero attached hydrogens (tertiary/aromatic N) is 1. The number of pyridine rings is 1. The van der Waals surface area contributed by atoms with Crippen molar-refractivity contribution in [2.75, 3.05) is 13.2 Å². The summed E-state index contributed by atoms with van der Waals surface area (Å²) in [7, 11) is -4.15. The third-order valence-corrected chi connectivity index (χ3v) is 8.52. The molecule has 1 amide bonds. The van der Waals surface area contributed by atoms with Gasteiger partial charge in [0.1, 0.15) is 11.8 Å². The van der Waals surface area contributed by atoms with Gasteiger partial charge >= 0.3 is 0 Å². The number of H-pyrrole nitrogens is 1. The maximum Gasteiger partial charge on any atom is 0.248 e. The normalized spacial score (nSPS) is 12.4. The molecular formula is C29H33N3O5S2. The van der Waals surface area contributed by atoms with Gasteiger partial charge in [0.2, 0.25) is 21.5 Å². The Hall–Kier alpha value is -3.47. The van der Waals surface area contributed by atoms with Crippen LogP contribution in [-0.4, -0.2) is 37.4 Å². The standard InChI is InChI=1S/C29H33N3O5S2/c1-3-5-17-37-26-11-7-6-10-24(26)28(29(34)32(16-4-2)20-22-9-8-18-38-22)31-39(35,36)23-13-14-25-21(19-23)12-15-27(33)30-25/h6-15,18-19,28,31H,3-5,16-17,20H2,1-2H3,(H,30,33)/t28-/m1/s1. The molecule has 2 aromatic carbocycles. The van der Waals surface area contributed by atoms with Gasteiger partial charge in [-0.05, 0) is 60.0 Å². The molecule has 4 rings (SSSR count). The number of unbranched alkanes of at least 4 members (excludes halogenated alkanes) is 1. The van der Waals surface area contributed by atoms with Gasteiger partial charge in [-0.1, -0.05) is 44.5 Å².